The maximum absolute atomic E-state index is 11.5. The van der Waals surface area contributed by atoms with Crippen molar-refractivity contribution in [2.75, 3.05) is 28.3 Å². The number of nitrogen functional groups attached to an aromatic ring is 2. The number of sulfone groups is 1. The molecule has 0 bridgehead atoms. The van der Waals surface area contributed by atoms with Gasteiger partial charge in [-0.15, -0.1) is 0 Å². The van der Waals surface area contributed by atoms with Gasteiger partial charge in [0.05, 0.1) is 22.9 Å². The Morgan fingerprint density at radius 1 is 1.24 bits per heavy atom. The molecule has 0 aromatic heterocycles. The van der Waals surface area contributed by atoms with Gasteiger partial charge in [0.1, 0.15) is 0 Å². The molecule has 1 unspecified atom stereocenters. The zero-order valence-electron chi connectivity index (χ0n) is 9.52. The smallest absolute Gasteiger partial charge is 0.152 e. The van der Waals surface area contributed by atoms with Crippen molar-refractivity contribution in [3.63, 3.8) is 0 Å². The minimum Gasteiger partial charge on any atom is -0.397 e. The normalized spacial score (nSPS) is 23.2. The average molecular weight is 255 g/mol. The molecule has 0 spiro atoms. The summed E-state index contributed by atoms with van der Waals surface area (Å²) >= 11 is 0. The van der Waals surface area contributed by atoms with Crippen LogP contribution in [0, 0.1) is 0 Å². The molecular formula is C11H17N3O2S. The lowest BCUT2D eigenvalue weighted by Crippen LogP contribution is -2.34. The molecule has 1 fully saturated rings. The molecule has 17 heavy (non-hydrogen) atoms. The van der Waals surface area contributed by atoms with E-state index in [1.54, 1.807) is 12.1 Å². The molecule has 1 aliphatic rings. The Balaban J connectivity index is 2.08. The van der Waals surface area contributed by atoms with Crippen LogP contribution >= 0.6 is 0 Å². The van der Waals surface area contributed by atoms with Crippen LogP contribution in [0.2, 0.25) is 0 Å². The zero-order valence-corrected chi connectivity index (χ0v) is 10.3. The lowest BCUT2D eigenvalue weighted by molar-refractivity contribution is 0.562. The molecule has 6 heteroatoms. The van der Waals surface area contributed by atoms with Gasteiger partial charge in [-0.1, -0.05) is 0 Å². The first kappa shape index (κ1) is 12.0. The fourth-order valence-electron chi connectivity index (χ4n) is 2.04. The summed E-state index contributed by atoms with van der Waals surface area (Å²) < 4.78 is 23.0. The van der Waals surface area contributed by atoms with Crippen LogP contribution in [0.3, 0.4) is 0 Å². The van der Waals surface area contributed by atoms with E-state index in [4.69, 9.17) is 11.5 Å². The van der Waals surface area contributed by atoms with Gasteiger partial charge in [-0.3, -0.25) is 0 Å². The molecule has 1 saturated heterocycles. The van der Waals surface area contributed by atoms with Crippen LogP contribution in [-0.2, 0) is 9.84 Å². The molecule has 1 atom stereocenters. The maximum Gasteiger partial charge on any atom is 0.152 e. The van der Waals surface area contributed by atoms with Gasteiger partial charge in [-0.05, 0) is 31.0 Å². The monoisotopic (exact) mass is 255 g/mol. The Hall–Kier alpha value is -1.43. The summed E-state index contributed by atoms with van der Waals surface area (Å²) in [4.78, 5) is 0. The van der Waals surface area contributed by atoms with E-state index in [9.17, 15) is 8.42 Å². The molecule has 94 valence electrons. The summed E-state index contributed by atoms with van der Waals surface area (Å²) in [6.07, 6.45) is 1.58. The molecule has 2 rings (SSSR count). The molecule has 0 saturated carbocycles. The maximum atomic E-state index is 11.5. The van der Waals surface area contributed by atoms with Crippen LogP contribution < -0.4 is 16.8 Å². The van der Waals surface area contributed by atoms with Crippen molar-refractivity contribution < 1.29 is 8.42 Å². The summed E-state index contributed by atoms with van der Waals surface area (Å²) in [5.41, 5.74) is 13.2. The summed E-state index contributed by atoms with van der Waals surface area (Å²) in [6.45, 7) is 0. The van der Waals surface area contributed by atoms with Gasteiger partial charge in [-0.2, -0.15) is 0 Å². The Labute approximate surface area is 101 Å². The van der Waals surface area contributed by atoms with E-state index in [0.717, 1.165) is 12.1 Å². The molecule has 0 aliphatic carbocycles. The second-order valence-electron chi connectivity index (χ2n) is 4.44. The molecule has 1 heterocycles. The van der Waals surface area contributed by atoms with Crippen LogP contribution in [0.1, 0.15) is 12.8 Å². The summed E-state index contributed by atoms with van der Waals surface area (Å²) in [6, 6.07) is 5.23. The Bertz CT molecular complexity index is 513. The first-order valence-electron chi connectivity index (χ1n) is 5.58. The van der Waals surface area contributed by atoms with E-state index < -0.39 is 9.84 Å². The van der Waals surface area contributed by atoms with Gasteiger partial charge in [0, 0.05) is 11.7 Å². The fraction of sp³-hybridized carbons (Fsp3) is 0.455. The SMILES string of the molecule is Nc1ccc(NC2CCCS(=O)(=O)C2)cc1N. The number of nitrogens with one attached hydrogen (secondary N) is 1. The quantitative estimate of drug-likeness (QED) is 0.680. The Morgan fingerprint density at radius 3 is 2.65 bits per heavy atom. The van der Waals surface area contributed by atoms with Gasteiger partial charge >= 0.3 is 0 Å². The number of benzene rings is 1. The standard InChI is InChI=1S/C11H17N3O2S/c12-10-4-3-8(6-11(10)13)14-9-2-1-5-17(15,16)7-9/h3-4,6,9,14H,1-2,5,7,12-13H2. The van der Waals surface area contributed by atoms with Crippen molar-refractivity contribution in [2.45, 2.75) is 18.9 Å². The number of nitrogens with two attached hydrogens (primary N) is 2. The van der Waals surface area contributed by atoms with Gasteiger partial charge in [0.25, 0.3) is 0 Å². The number of anilines is 3. The first-order chi connectivity index (χ1) is 7.96. The van der Waals surface area contributed by atoms with Gasteiger partial charge in [0.2, 0.25) is 0 Å². The van der Waals surface area contributed by atoms with Gasteiger partial charge < -0.3 is 16.8 Å². The van der Waals surface area contributed by atoms with Crippen molar-refractivity contribution in [2.24, 2.45) is 0 Å². The molecule has 0 amide bonds. The summed E-state index contributed by atoms with van der Waals surface area (Å²) in [5.74, 6) is 0.492. The van der Waals surface area contributed by atoms with E-state index >= 15 is 0 Å². The highest BCUT2D eigenvalue weighted by molar-refractivity contribution is 7.91. The van der Waals surface area contributed by atoms with E-state index in [2.05, 4.69) is 5.32 Å². The van der Waals surface area contributed by atoms with Crippen molar-refractivity contribution >= 4 is 26.9 Å². The second kappa shape index (κ2) is 4.44. The third-order valence-electron chi connectivity index (χ3n) is 2.92. The number of hydrogen-bond acceptors (Lipinski definition) is 5. The van der Waals surface area contributed by atoms with E-state index in [-0.39, 0.29) is 11.8 Å². The zero-order chi connectivity index (χ0) is 12.5. The van der Waals surface area contributed by atoms with Crippen LogP contribution in [0.4, 0.5) is 17.1 Å². The molecule has 5 N–H and O–H groups in total. The topological polar surface area (TPSA) is 98.2 Å². The molecule has 1 aromatic rings. The highest BCUT2D eigenvalue weighted by Gasteiger charge is 2.24. The second-order valence-corrected chi connectivity index (χ2v) is 6.67. The predicted octanol–water partition coefficient (Wildman–Crippen LogP) is 0.840. The Morgan fingerprint density at radius 2 is 2.00 bits per heavy atom. The van der Waals surface area contributed by atoms with E-state index in [1.165, 1.54) is 0 Å². The molecular weight excluding hydrogens is 238 g/mol. The largest absolute Gasteiger partial charge is 0.397 e. The Kier molecular flexibility index (Phi) is 3.15. The predicted molar refractivity (Wildman–Crippen MR) is 70.6 cm³/mol. The van der Waals surface area contributed by atoms with Crippen molar-refractivity contribution in [1.29, 1.82) is 0 Å². The van der Waals surface area contributed by atoms with Crippen LogP contribution in [-0.4, -0.2) is 26.0 Å². The van der Waals surface area contributed by atoms with E-state index in [0.29, 0.717) is 23.5 Å². The van der Waals surface area contributed by atoms with Crippen molar-refractivity contribution in [3.8, 4) is 0 Å². The van der Waals surface area contributed by atoms with Gasteiger partial charge in [-0.25, -0.2) is 8.42 Å². The lowest BCUT2D eigenvalue weighted by atomic mass is 10.1. The lowest BCUT2D eigenvalue weighted by Gasteiger charge is -2.24. The van der Waals surface area contributed by atoms with Crippen molar-refractivity contribution in [1.82, 2.24) is 0 Å². The fourth-order valence-corrected chi connectivity index (χ4v) is 3.67. The first-order valence-corrected chi connectivity index (χ1v) is 7.40. The third kappa shape index (κ3) is 3.03. The van der Waals surface area contributed by atoms with Crippen molar-refractivity contribution in [3.05, 3.63) is 18.2 Å². The van der Waals surface area contributed by atoms with Crippen LogP contribution in [0.5, 0.6) is 0 Å². The number of rotatable bonds is 2. The van der Waals surface area contributed by atoms with E-state index in [1.807, 2.05) is 6.07 Å². The van der Waals surface area contributed by atoms with Crippen LogP contribution in [0.25, 0.3) is 0 Å². The van der Waals surface area contributed by atoms with Crippen LogP contribution in [0.15, 0.2) is 18.2 Å². The summed E-state index contributed by atoms with van der Waals surface area (Å²) in [5, 5.41) is 3.19. The molecule has 0 radical (unpaired) electrons. The third-order valence-corrected chi connectivity index (χ3v) is 4.74. The average Bonchev–Trinajstić information content (AvgIpc) is 2.22. The molecule has 1 aliphatic heterocycles. The molecule has 1 aromatic carbocycles. The number of hydrogen-bond donors (Lipinski definition) is 3. The van der Waals surface area contributed by atoms with Gasteiger partial charge in [0.15, 0.2) is 9.84 Å². The minimum atomic E-state index is -2.89. The minimum absolute atomic E-state index is 0.0308. The highest BCUT2D eigenvalue weighted by Crippen LogP contribution is 2.22. The highest BCUT2D eigenvalue weighted by atomic mass is 32.2. The molecule has 5 nitrogen and oxygen atoms in total. The summed E-state index contributed by atoms with van der Waals surface area (Å²) in [7, 11) is -2.89.